The van der Waals surface area contributed by atoms with Gasteiger partial charge in [0, 0.05) is 35.9 Å². The van der Waals surface area contributed by atoms with Gasteiger partial charge in [-0.1, -0.05) is 6.92 Å². The molecular weight excluding hydrogens is 232 g/mol. The van der Waals surface area contributed by atoms with Crippen LogP contribution in [0.2, 0.25) is 0 Å². The summed E-state index contributed by atoms with van der Waals surface area (Å²) >= 11 is 0. The minimum atomic E-state index is -1.06. The third-order valence-electron chi connectivity index (χ3n) is 2.19. The first kappa shape index (κ1) is 14.9. The highest BCUT2D eigenvalue weighted by molar-refractivity contribution is 7.84. The van der Waals surface area contributed by atoms with Crippen LogP contribution in [-0.2, 0) is 15.6 Å². The fraction of sp³-hybridized carbons (Fsp3) is 0.778. The van der Waals surface area contributed by atoms with Gasteiger partial charge in [-0.15, -0.1) is 0 Å². The lowest BCUT2D eigenvalue weighted by molar-refractivity contribution is -0.141. The van der Waals surface area contributed by atoms with E-state index in [0.29, 0.717) is 11.5 Å². The second-order valence-corrected chi connectivity index (χ2v) is 5.15. The van der Waals surface area contributed by atoms with Crippen molar-refractivity contribution in [2.24, 2.45) is 0 Å². The summed E-state index contributed by atoms with van der Waals surface area (Å²) in [4.78, 5) is 23.1. The number of aliphatic carboxylic acids is 1. The van der Waals surface area contributed by atoms with Crippen LogP contribution in [0.15, 0.2) is 0 Å². The van der Waals surface area contributed by atoms with E-state index < -0.39 is 28.8 Å². The molecule has 16 heavy (non-hydrogen) atoms. The van der Waals surface area contributed by atoms with Gasteiger partial charge >= 0.3 is 12.0 Å². The topological polar surface area (TPSA) is 86.7 Å². The number of carbonyl (C=O) groups excluding carboxylic acids is 1. The molecule has 0 heterocycles. The quantitative estimate of drug-likeness (QED) is 0.687. The van der Waals surface area contributed by atoms with Crippen LogP contribution in [0.3, 0.4) is 0 Å². The molecule has 2 amide bonds. The van der Waals surface area contributed by atoms with Crippen molar-refractivity contribution in [2.75, 3.05) is 25.1 Å². The van der Waals surface area contributed by atoms with Crippen molar-refractivity contribution in [2.45, 2.75) is 19.9 Å². The average Bonchev–Trinajstić information content (AvgIpc) is 2.26. The number of rotatable bonds is 6. The predicted molar refractivity (Wildman–Crippen MR) is 61.8 cm³/mol. The van der Waals surface area contributed by atoms with E-state index in [2.05, 4.69) is 5.32 Å². The Kier molecular flexibility index (Phi) is 6.71. The molecule has 0 aliphatic heterocycles. The van der Waals surface area contributed by atoms with Crippen molar-refractivity contribution >= 4 is 22.8 Å². The van der Waals surface area contributed by atoms with Crippen molar-refractivity contribution in [3.8, 4) is 0 Å². The molecule has 2 unspecified atom stereocenters. The number of carbonyl (C=O) groups is 2. The summed E-state index contributed by atoms with van der Waals surface area (Å²) in [5.74, 6) is -0.121. The monoisotopic (exact) mass is 250 g/mol. The van der Waals surface area contributed by atoms with Crippen LogP contribution in [0.4, 0.5) is 4.79 Å². The minimum absolute atomic E-state index is 0.288. The Morgan fingerprint density at radius 3 is 2.50 bits per heavy atom. The molecule has 0 aliphatic carbocycles. The van der Waals surface area contributed by atoms with E-state index in [1.165, 1.54) is 14.0 Å². The Morgan fingerprint density at radius 1 is 1.50 bits per heavy atom. The number of hydrogen-bond acceptors (Lipinski definition) is 3. The Morgan fingerprint density at radius 2 is 2.06 bits per heavy atom. The van der Waals surface area contributed by atoms with Gasteiger partial charge in [-0.25, -0.2) is 9.59 Å². The maximum Gasteiger partial charge on any atom is 0.326 e. The van der Waals surface area contributed by atoms with Gasteiger partial charge in [0.05, 0.1) is 0 Å². The molecule has 94 valence electrons. The lowest BCUT2D eigenvalue weighted by Crippen LogP contribution is -2.46. The van der Waals surface area contributed by atoms with E-state index in [-0.39, 0.29) is 6.54 Å². The second-order valence-electron chi connectivity index (χ2n) is 3.29. The number of urea groups is 1. The van der Waals surface area contributed by atoms with Crippen molar-refractivity contribution in [1.82, 2.24) is 10.2 Å². The van der Waals surface area contributed by atoms with E-state index >= 15 is 0 Å². The zero-order valence-corrected chi connectivity index (χ0v) is 10.5. The van der Waals surface area contributed by atoms with Crippen molar-refractivity contribution in [3.63, 3.8) is 0 Å². The Hall–Kier alpha value is -1.11. The molecule has 0 aromatic rings. The molecule has 0 spiro atoms. The summed E-state index contributed by atoms with van der Waals surface area (Å²) in [6.07, 6.45) is 0. The Labute approximate surface area is 97.5 Å². The molecule has 0 aromatic heterocycles. The van der Waals surface area contributed by atoms with Gasteiger partial charge in [0.25, 0.3) is 0 Å². The van der Waals surface area contributed by atoms with Crippen LogP contribution < -0.4 is 5.32 Å². The molecule has 2 atom stereocenters. The molecule has 0 aromatic carbocycles. The first-order chi connectivity index (χ1) is 7.40. The van der Waals surface area contributed by atoms with Gasteiger partial charge in [-0.2, -0.15) is 0 Å². The highest BCUT2D eigenvalue weighted by Gasteiger charge is 2.21. The minimum Gasteiger partial charge on any atom is -0.480 e. The summed E-state index contributed by atoms with van der Waals surface area (Å²) in [5.41, 5.74) is 0. The molecule has 0 fully saturated rings. The van der Waals surface area contributed by atoms with Gasteiger partial charge in [-0.05, 0) is 6.92 Å². The number of nitrogens with one attached hydrogen (secondary N) is 1. The van der Waals surface area contributed by atoms with Crippen LogP contribution in [0, 0.1) is 0 Å². The highest BCUT2D eigenvalue weighted by atomic mass is 32.2. The van der Waals surface area contributed by atoms with E-state index in [9.17, 15) is 13.8 Å². The summed E-state index contributed by atoms with van der Waals surface area (Å²) in [7, 11) is 0.482. The van der Waals surface area contributed by atoms with Gasteiger partial charge in [0.15, 0.2) is 0 Å². The fourth-order valence-electron chi connectivity index (χ4n) is 0.882. The summed E-state index contributed by atoms with van der Waals surface area (Å²) in [5, 5.41) is 11.2. The van der Waals surface area contributed by atoms with E-state index in [1.54, 1.807) is 6.92 Å². The number of carboxylic acids is 1. The number of likely N-dealkylation sites (N-methyl/N-ethyl adjacent to an activating group) is 1. The molecule has 0 rings (SSSR count). The molecular formula is C9H18N2O4S. The van der Waals surface area contributed by atoms with Gasteiger partial charge in [0.2, 0.25) is 0 Å². The molecule has 0 saturated carbocycles. The van der Waals surface area contributed by atoms with Crippen molar-refractivity contribution < 1.29 is 18.9 Å². The van der Waals surface area contributed by atoms with E-state index in [4.69, 9.17) is 5.11 Å². The molecule has 7 heteroatoms. The van der Waals surface area contributed by atoms with Crippen LogP contribution in [0.1, 0.15) is 13.8 Å². The maximum absolute atomic E-state index is 11.4. The van der Waals surface area contributed by atoms with Crippen LogP contribution in [0.25, 0.3) is 0 Å². The molecule has 2 N–H and O–H groups in total. The smallest absolute Gasteiger partial charge is 0.326 e. The van der Waals surface area contributed by atoms with Crippen molar-refractivity contribution in [1.29, 1.82) is 0 Å². The summed E-state index contributed by atoms with van der Waals surface area (Å²) < 4.78 is 11.1. The van der Waals surface area contributed by atoms with Crippen LogP contribution in [0.5, 0.6) is 0 Å². The lowest BCUT2D eigenvalue weighted by Gasteiger charge is -2.21. The molecule has 0 saturated heterocycles. The summed E-state index contributed by atoms with van der Waals surface area (Å²) in [6, 6.07) is -1.35. The Bertz CT molecular complexity index is 283. The van der Waals surface area contributed by atoms with E-state index in [1.807, 2.05) is 0 Å². The molecule has 0 radical (unpaired) electrons. The predicted octanol–water partition coefficient (Wildman–Crippen LogP) is -0.130. The zero-order valence-electron chi connectivity index (χ0n) is 9.73. The van der Waals surface area contributed by atoms with Crippen molar-refractivity contribution in [3.05, 3.63) is 0 Å². The van der Waals surface area contributed by atoms with Gasteiger partial charge in [0.1, 0.15) is 6.04 Å². The third-order valence-corrected chi connectivity index (χ3v) is 3.49. The third kappa shape index (κ3) is 5.11. The molecule has 0 bridgehead atoms. The fourth-order valence-corrected chi connectivity index (χ4v) is 1.50. The van der Waals surface area contributed by atoms with Crippen LogP contribution in [-0.4, -0.2) is 57.4 Å². The SMILES string of the molecule is CCS(=O)CCNC(=O)N(C)C(C)C(=O)O. The molecule has 6 nitrogen and oxygen atoms in total. The van der Waals surface area contributed by atoms with Gasteiger partial charge in [-0.3, -0.25) is 4.21 Å². The first-order valence-electron chi connectivity index (χ1n) is 4.98. The number of nitrogens with zero attached hydrogens (tertiary/aromatic N) is 1. The summed E-state index contributed by atoms with van der Waals surface area (Å²) in [6.45, 7) is 3.51. The first-order valence-corrected chi connectivity index (χ1v) is 6.47. The second kappa shape index (κ2) is 7.21. The molecule has 0 aliphatic rings. The normalized spacial score (nSPS) is 13.9. The standard InChI is InChI=1S/C9H18N2O4S/c1-4-16(15)6-5-10-9(14)11(3)7(2)8(12)13/h7H,4-6H2,1-3H3,(H,10,14)(H,12,13). The lowest BCUT2D eigenvalue weighted by atomic mass is 10.3. The average molecular weight is 250 g/mol. The Balaban J connectivity index is 3.97. The number of hydrogen-bond donors (Lipinski definition) is 2. The van der Waals surface area contributed by atoms with E-state index in [0.717, 1.165) is 4.90 Å². The van der Waals surface area contributed by atoms with Gasteiger partial charge < -0.3 is 15.3 Å². The maximum atomic E-state index is 11.4. The largest absolute Gasteiger partial charge is 0.480 e. The number of amides is 2. The number of carboxylic acid groups (broad SMARTS) is 1. The highest BCUT2D eigenvalue weighted by Crippen LogP contribution is 1.95. The zero-order chi connectivity index (χ0) is 12.7. The van der Waals surface area contributed by atoms with Crippen LogP contribution >= 0.6 is 0 Å².